The molecular formula is C30H30F3N3O4. The highest BCUT2D eigenvalue weighted by atomic mass is 19.1. The van der Waals surface area contributed by atoms with Crippen LogP contribution in [0.25, 0.3) is 0 Å². The zero-order valence-corrected chi connectivity index (χ0v) is 22.3. The highest BCUT2D eigenvalue weighted by molar-refractivity contribution is 5.95. The van der Waals surface area contributed by atoms with Gasteiger partial charge in [0.1, 0.15) is 35.3 Å². The van der Waals surface area contributed by atoms with Crippen LogP contribution in [0.1, 0.15) is 57.8 Å². The molecule has 210 valence electrons. The number of nitrogens with zero attached hydrogens (tertiary/aromatic N) is 2. The van der Waals surface area contributed by atoms with Crippen LogP contribution in [0.2, 0.25) is 0 Å². The zero-order valence-electron chi connectivity index (χ0n) is 22.3. The molecule has 4 rings (SSSR count). The summed E-state index contributed by atoms with van der Waals surface area (Å²) in [5, 5.41) is 2.33. The molecule has 3 aromatic rings. The Labute approximate surface area is 229 Å². The minimum absolute atomic E-state index is 0.0451. The Morgan fingerprint density at radius 3 is 2.50 bits per heavy atom. The number of rotatable bonds is 8. The number of nitrogens with one attached hydrogen (secondary N) is 1. The molecule has 1 amide bonds. The number of pyridine rings is 1. The van der Waals surface area contributed by atoms with E-state index in [-0.39, 0.29) is 29.7 Å². The third-order valence-electron chi connectivity index (χ3n) is 7.25. The number of halogens is 3. The Hall–Kier alpha value is -4.18. The van der Waals surface area contributed by atoms with Gasteiger partial charge in [-0.05, 0) is 32.4 Å². The van der Waals surface area contributed by atoms with Gasteiger partial charge in [0.2, 0.25) is 5.43 Å². The molecule has 0 aliphatic carbocycles. The van der Waals surface area contributed by atoms with Crippen LogP contribution in [-0.2, 0) is 13.2 Å². The number of carbonyl (C=O) groups is 2. The highest BCUT2D eigenvalue weighted by Crippen LogP contribution is 2.30. The largest absolute Gasteiger partial charge is 0.483 e. The van der Waals surface area contributed by atoms with Crippen LogP contribution in [0.3, 0.4) is 0 Å². The van der Waals surface area contributed by atoms with Crippen LogP contribution < -0.4 is 15.5 Å². The summed E-state index contributed by atoms with van der Waals surface area (Å²) in [6, 6.07) is 9.74. The van der Waals surface area contributed by atoms with E-state index in [1.165, 1.54) is 10.8 Å². The number of carbonyl (C=O) groups excluding carboxylic acids is 2. The summed E-state index contributed by atoms with van der Waals surface area (Å²) in [5.74, 6) is -4.71. The Kier molecular flexibility index (Phi) is 8.89. The molecule has 1 aliphatic heterocycles. The number of benzene rings is 2. The lowest BCUT2D eigenvalue weighted by molar-refractivity contribution is 0.0945. The first kappa shape index (κ1) is 28.8. The lowest BCUT2D eigenvalue weighted by atomic mass is 10.0. The molecule has 40 heavy (non-hydrogen) atoms. The topological polar surface area (TPSA) is 80.6 Å². The summed E-state index contributed by atoms with van der Waals surface area (Å²) in [7, 11) is 1.94. The second kappa shape index (κ2) is 12.3. The molecule has 2 unspecified atom stereocenters. The van der Waals surface area contributed by atoms with Crippen molar-refractivity contribution in [3.8, 4) is 5.75 Å². The molecule has 1 fully saturated rings. The standard InChI is InChI=1S/C30H30F3N3O4/c1-18-9-10-19(2)35(3)15-26(18)36-14-23(30(39)34-13-22-24(32)11-21(31)12-25(22)33)28(38)29(27(36)16-37)40-17-20-7-5-4-6-8-20/h4-8,11-12,14,16,19,26H,1,9-10,13,15,17H2,2-3H3,(H,34,39). The Balaban J connectivity index is 1.77. The van der Waals surface area contributed by atoms with Gasteiger partial charge >= 0.3 is 0 Å². The van der Waals surface area contributed by atoms with Crippen molar-refractivity contribution in [3.05, 3.63) is 111 Å². The van der Waals surface area contributed by atoms with Crippen molar-refractivity contribution in [2.45, 2.75) is 45.0 Å². The molecule has 0 bridgehead atoms. The molecule has 0 radical (unpaired) electrons. The van der Waals surface area contributed by atoms with Gasteiger partial charge in [-0.2, -0.15) is 0 Å². The Morgan fingerprint density at radius 2 is 1.85 bits per heavy atom. The van der Waals surface area contributed by atoms with Gasteiger partial charge < -0.3 is 19.5 Å². The number of amides is 1. The SMILES string of the molecule is C=C1CCC(C)N(C)CC1n1cc(C(=O)NCc2c(F)cc(F)cc2F)c(=O)c(OCc2ccccc2)c1C=O. The van der Waals surface area contributed by atoms with Gasteiger partial charge in [0, 0.05) is 43.0 Å². The predicted octanol–water partition coefficient (Wildman–Crippen LogP) is 4.80. The van der Waals surface area contributed by atoms with Gasteiger partial charge in [-0.15, -0.1) is 0 Å². The van der Waals surface area contributed by atoms with E-state index in [1.54, 1.807) is 24.3 Å². The average molecular weight is 554 g/mol. The summed E-state index contributed by atoms with van der Waals surface area (Å²) in [6.45, 7) is 6.05. The predicted molar refractivity (Wildman–Crippen MR) is 144 cm³/mol. The van der Waals surface area contributed by atoms with Crippen LogP contribution in [0.5, 0.6) is 5.75 Å². The Bertz CT molecular complexity index is 1470. The summed E-state index contributed by atoms with van der Waals surface area (Å²) in [5.41, 5.74) is -0.319. The summed E-state index contributed by atoms with van der Waals surface area (Å²) >= 11 is 0. The van der Waals surface area contributed by atoms with Gasteiger partial charge in [0.05, 0.1) is 6.04 Å². The first-order valence-electron chi connectivity index (χ1n) is 12.8. The number of ether oxygens (including phenoxy) is 1. The van der Waals surface area contributed by atoms with E-state index in [1.807, 2.05) is 13.1 Å². The lowest BCUT2D eigenvalue weighted by Gasteiger charge is -2.29. The van der Waals surface area contributed by atoms with Crippen molar-refractivity contribution in [3.63, 3.8) is 0 Å². The zero-order chi connectivity index (χ0) is 29.0. The molecule has 0 saturated carbocycles. The van der Waals surface area contributed by atoms with Crippen molar-refractivity contribution in [2.24, 2.45) is 0 Å². The van der Waals surface area contributed by atoms with Crippen LogP contribution in [0.4, 0.5) is 13.2 Å². The van der Waals surface area contributed by atoms with Crippen molar-refractivity contribution < 1.29 is 27.5 Å². The number of aromatic nitrogens is 1. The molecule has 0 spiro atoms. The Morgan fingerprint density at radius 1 is 1.18 bits per heavy atom. The molecule has 7 nitrogen and oxygen atoms in total. The molecule has 1 saturated heterocycles. The minimum Gasteiger partial charge on any atom is -0.483 e. The number of hydrogen-bond donors (Lipinski definition) is 1. The van der Waals surface area contributed by atoms with E-state index in [0.29, 0.717) is 31.4 Å². The van der Waals surface area contributed by atoms with Crippen molar-refractivity contribution in [1.82, 2.24) is 14.8 Å². The minimum atomic E-state index is -1.18. The summed E-state index contributed by atoms with van der Waals surface area (Å²) in [4.78, 5) is 41.2. The second-order valence-electron chi connectivity index (χ2n) is 9.92. The maximum Gasteiger partial charge on any atom is 0.257 e. The number of likely N-dealkylation sites (tertiary alicyclic amines) is 1. The lowest BCUT2D eigenvalue weighted by Crippen LogP contribution is -2.35. The number of hydrogen-bond acceptors (Lipinski definition) is 5. The normalized spacial score (nSPS) is 17.8. The molecule has 1 N–H and O–H groups in total. The summed E-state index contributed by atoms with van der Waals surface area (Å²) < 4.78 is 49.0. The summed E-state index contributed by atoms with van der Waals surface area (Å²) in [6.07, 6.45) is 3.26. The fourth-order valence-corrected chi connectivity index (χ4v) is 4.68. The van der Waals surface area contributed by atoms with Gasteiger partial charge in [0.25, 0.3) is 5.91 Å². The third kappa shape index (κ3) is 6.17. The number of likely N-dealkylation sites (N-methyl/N-ethyl adjacent to an activating group) is 1. The highest BCUT2D eigenvalue weighted by Gasteiger charge is 2.29. The van der Waals surface area contributed by atoms with Crippen LogP contribution in [-0.4, -0.2) is 41.3 Å². The van der Waals surface area contributed by atoms with E-state index in [4.69, 9.17) is 4.74 Å². The molecule has 2 atom stereocenters. The maximum atomic E-state index is 14.2. The fourth-order valence-electron chi connectivity index (χ4n) is 4.68. The first-order chi connectivity index (χ1) is 19.1. The van der Waals surface area contributed by atoms with Gasteiger partial charge in [0.15, 0.2) is 12.0 Å². The molecule has 2 heterocycles. The van der Waals surface area contributed by atoms with Crippen LogP contribution >= 0.6 is 0 Å². The van der Waals surface area contributed by atoms with Crippen LogP contribution in [0.15, 0.2) is 65.6 Å². The molecule has 1 aliphatic rings. The van der Waals surface area contributed by atoms with Crippen LogP contribution in [0, 0.1) is 17.5 Å². The molecule has 2 aromatic carbocycles. The van der Waals surface area contributed by atoms with E-state index >= 15 is 0 Å². The van der Waals surface area contributed by atoms with E-state index in [2.05, 4.69) is 23.7 Å². The third-order valence-corrected chi connectivity index (χ3v) is 7.25. The monoisotopic (exact) mass is 553 g/mol. The quantitative estimate of drug-likeness (QED) is 0.320. The van der Waals surface area contributed by atoms with Crippen molar-refractivity contribution in [1.29, 1.82) is 0 Å². The molecule has 10 heteroatoms. The van der Waals surface area contributed by atoms with Crippen molar-refractivity contribution >= 4 is 12.2 Å². The smallest absolute Gasteiger partial charge is 0.257 e. The number of aldehydes is 1. The van der Waals surface area contributed by atoms with E-state index in [9.17, 15) is 27.6 Å². The molecule has 1 aromatic heterocycles. The molecular weight excluding hydrogens is 523 g/mol. The van der Waals surface area contributed by atoms with Gasteiger partial charge in [-0.3, -0.25) is 14.4 Å². The van der Waals surface area contributed by atoms with E-state index < -0.39 is 46.9 Å². The first-order valence-corrected chi connectivity index (χ1v) is 12.8. The van der Waals surface area contributed by atoms with Crippen molar-refractivity contribution in [2.75, 3.05) is 13.6 Å². The average Bonchev–Trinajstić information content (AvgIpc) is 3.05. The maximum absolute atomic E-state index is 14.2. The van der Waals surface area contributed by atoms with Gasteiger partial charge in [-0.1, -0.05) is 42.5 Å². The fraction of sp³-hybridized carbons (Fsp3) is 0.300. The van der Waals surface area contributed by atoms with E-state index in [0.717, 1.165) is 17.6 Å². The van der Waals surface area contributed by atoms with Gasteiger partial charge in [-0.25, -0.2) is 13.2 Å². The second-order valence-corrected chi connectivity index (χ2v) is 9.92.